The number of nitro benzene ring substituents is 2. The number of amides is 1. The average Bonchev–Trinajstić information content (AvgIpc) is 2.54. The van der Waals surface area contributed by atoms with Gasteiger partial charge in [0.15, 0.2) is 0 Å². The lowest BCUT2D eigenvalue weighted by atomic mass is 10.1. The van der Waals surface area contributed by atoms with Crippen LogP contribution in [-0.2, 0) is 6.54 Å². The SMILES string of the molecule is CN(Cc1ccccc1[N+](=O)[O-])C(=O)c1ccc(N)c([N+](=O)[O-])c1. The number of nitrogen functional groups attached to an aromatic ring is 1. The van der Waals surface area contributed by atoms with Crippen molar-refractivity contribution in [2.75, 3.05) is 12.8 Å². The number of benzene rings is 2. The minimum Gasteiger partial charge on any atom is -0.393 e. The molecule has 0 heterocycles. The standard InChI is InChI=1S/C15H14N4O5/c1-17(9-11-4-2-3-5-13(11)18(21)22)15(20)10-6-7-12(16)14(8-10)19(23)24/h2-8H,9,16H2,1H3. The summed E-state index contributed by atoms with van der Waals surface area (Å²) in [5.41, 5.74) is 5.44. The van der Waals surface area contributed by atoms with E-state index in [-0.39, 0.29) is 29.2 Å². The van der Waals surface area contributed by atoms with Crippen molar-refractivity contribution in [1.29, 1.82) is 0 Å². The largest absolute Gasteiger partial charge is 0.393 e. The fraction of sp³-hybridized carbons (Fsp3) is 0.133. The topological polar surface area (TPSA) is 133 Å². The zero-order valence-electron chi connectivity index (χ0n) is 12.7. The van der Waals surface area contributed by atoms with E-state index >= 15 is 0 Å². The molecule has 0 radical (unpaired) electrons. The van der Waals surface area contributed by atoms with Crippen molar-refractivity contribution >= 4 is 23.0 Å². The van der Waals surface area contributed by atoms with Gasteiger partial charge in [0, 0.05) is 30.3 Å². The molecular formula is C15H14N4O5. The molecule has 0 saturated heterocycles. The molecule has 124 valence electrons. The van der Waals surface area contributed by atoms with E-state index in [9.17, 15) is 25.0 Å². The second kappa shape index (κ2) is 6.73. The predicted molar refractivity (Wildman–Crippen MR) is 86.4 cm³/mol. The van der Waals surface area contributed by atoms with Gasteiger partial charge >= 0.3 is 0 Å². The van der Waals surface area contributed by atoms with Crippen LogP contribution < -0.4 is 5.73 Å². The second-order valence-electron chi connectivity index (χ2n) is 5.08. The van der Waals surface area contributed by atoms with Crippen molar-refractivity contribution in [3.63, 3.8) is 0 Å². The molecule has 0 saturated carbocycles. The molecule has 1 amide bonds. The maximum atomic E-state index is 12.4. The molecule has 0 aliphatic carbocycles. The van der Waals surface area contributed by atoms with Crippen LogP contribution in [0.2, 0.25) is 0 Å². The summed E-state index contributed by atoms with van der Waals surface area (Å²) in [4.78, 5) is 34.4. The Labute approximate surface area is 136 Å². The van der Waals surface area contributed by atoms with Gasteiger partial charge in [0.1, 0.15) is 5.69 Å². The number of anilines is 1. The number of rotatable bonds is 5. The van der Waals surface area contributed by atoms with Gasteiger partial charge in [0.25, 0.3) is 17.3 Å². The second-order valence-corrected chi connectivity index (χ2v) is 5.08. The molecule has 2 rings (SSSR count). The molecule has 0 fully saturated rings. The van der Waals surface area contributed by atoms with Crippen LogP contribution in [0.15, 0.2) is 42.5 Å². The number of hydrogen-bond donors (Lipinski definition) is 1. The number of carbonyl (C=O) groups excluding carboxylic acids is 1. The third kappa shape index (κ3) is 3.46. The van der Waals surface area contributed by atoms with Gasteiger partial charge in [-0.2, -0.15) is 0 Å². The highest BCUT2D eigenvalue weighted by atomic mass is 16.6. The van der Waals surface area contributed by atoms with Crippen molar-refractivity contribution in [1.82, 2.24) is 4.90 Å². The first-order chi connectivity index (χ1) is 11.3. The minimum absolute atomic E-state index is 0.00579. The monoisotopic (exact) mass is 330 g/mol. The van der Waals surface area contributed by atoms with E-state index in [1.54, 1.807) is 12.1 Å². The Hall–Kier alpha value is -3.49. The summed E-state index contributed by atoms with van der Waals surface area (Å²) >= 11 is 0. The summed E-state index contributed by atoms with van der Waals surface area (Å²) in [5, 5.41) is 21.9. The molecule has 0 atom stereocenters. The molecule has 0 aliphatic rings. The van der Waals surface area contributed by atoms with Crippen LogP contribution in [0.25, 0.3) is 0 Å². The molecule has 0 unspecified atom stereocenters. The maximum absolute atomic E-state index is 12.4. The van der Waals surface area contributed by atoms with Crippen molar-refractivity contribution < 1.29 is 14.6 Å². The lowest BCUT2D eigenvalue weighted by molar-refractivity contribution is -0.385. The molecule has 24 heavy (non-hydrogen) atoms. The van der Waals surface area contributed by atoms with E-state index in [4.69, 9.17) is 5.73 Å². The molecule has 9 nitrogen and oxygen atoms in total. The van der Waals surface area contributed by atoms with Crippen molar-refractivity contribution in [2.45, 2.75) is 6.54 Å². The summed E-state index contributed by atoms with van der Waals surface area (Å²) in [6, 6.07) is 9.81. The summed E-state index contributed by atoms with van der Waals surface area (Å²) in [6.45, 7) is -0.00579. The maximum Gasteiger partial charge on any atom is 0.292 e. The summed E-state index contributed by atoms with van der Waals surface area (Å²) < 4.78 is 0. The zero-order valence-corrected chi connectivity index (χ0v) is 12.7. The van der Waals surface area contributed by atoms with Crippen LogP contribution >= 0.6 is 0 Å². The first kappa shape index (κ1) is 16.9. The van der Waals surface area contributed by atoms with Gasteiger partial charge in [0.05, 0.1) is 16.4 Å². The van der Waals surface area contributed by atoms with Gasteiger partial charge in [-0.05, 0) is 12.1 Å². The third-order valence-electron chi connectivity index (χ3n) is 3.42. The Morgan fingerprint density at radius 1 is 1.08 bits per heavy atom. The highest BCUT2D eigenvalue weighted by Gasteiger charge is 2.20. The van der Waals surface area contributed by atoms with E-state index in [1.165, 1.54) is 36.2 Å². The van der Waals surface area contributed by atoms with Crippen LogP contribution in [-0.4, -0.2) is 27.7 Å². The Morgan fingerprint density at radius 2 is 1.71 bits per heavy atom. The van der Waals surface area contributed by atoms with Crippen molar-refractivity contribution in [2.24, 2.45) is 0 Å². The van der Waals surface area contributed by atoms with Crippen LogP contribution in [0.3, 0.4) is 0 Å². The Morgan fingerprint density at radius 3 is 2.33 bits per heavy atom. The third-order valence-corrected chi connectivity index (χ3v) is 3.42. The first-order valence-corrected chi connectivity index (χ1v) is 6.83. The summed E-state index contributed by atoms with van der Waals surface area (Å²) in [5.74, 6) is -0.503. The van der Waals surface area contributed by atoms with E-state index in [0.717, 1.165) is 6.07 Å². The summed E-state index contributed by atoms with van der Waals surface area (Å²) in [7, 11) is 1.46. The number of carbonyl (C=O) groups is 1. The van der Waals surface area contributed by atoms with Crippen molar-refractivity contribution in [3.8, 4) is 0 Å². The van der Waals surface area contributed by atoms with Crippen molar-refractivity contribution in [3.05, 3.63) is 73.8 Å². The van der Waals surface area contributed by atoms with Crippen LogP contribution in [0.1, 0.15) is 15.9 Å². The Balaban J connectivity index is 2.26. The van der Waals surface area contributed by atoms with Gasteiger partial charge in [-0.15, -0.1) is 0 Å². The minimum atomic E-state index is -0.672. The number of para-hydroxylation sites is 1. The lowest BCUT2D eigenvalue weighted by Gasteiger charge is -2.17. The molecule has 2 aromatic rings. The van der Waals surface area contributed by atoms with Crippen LogP contribution in [0.4, 0.5) is 17.1 Å². The van der Waals surface area contributed by atoms with E-state index in [1.807, 2.05) is 0 Å². The number of nitrogens with two attached hydrogens (primary N) is 1. The van der Waals surface area contributed by atoms with E-state index in [0.29, 0.717) is 5.56 Å². The highest BCUT2D eigenvalue weighted by molar-refractivity contribution is 5.95. The van der Waals surface area contributed by atoms with Gasteiger partial charge < -0.3 is 10.6 Å². The Kier molecular flexibility index (Phi) is 4.73. The quantitative estimate of drug-likeness (QED) is 0.508. The molecule has 2 aromatic carbocycles. The number of nitrogens with zero attached hydrogens (tertiary/aromatic N) is 3. The molecule has 9 heteroatoms. The molecule has 2 N–H and O–H groups in total. The lowest BCUT2D eigenvalue weighted by Crippen LogP contribution is -2.26. The number of nitro groups is 2. The van der Waals surface area contributed by atoms with Gasteiger partial charge in [-0.3, -0.25) is 25.0 Å². The van der Waals surface area contributed by atoms with E-state index < -0.39 is 15.8 Å². The highest BCUT2D eigenvalue weighted by Crippen LogP contribution is 2.24. The van der Waals surface area contributed by atoms with Crippen LogP contribution in [0.5, 0.6) is 0 Å². The first-order valence-electron chi connectivity index (χ1n) is 6.83. The average molecular weight is 330 g/mol. The fourth-order valence-electron chi connectivity index (χ4n) is 2.21. The van der Waals surface area contributed by atoms with Crippen LogP contribution in [0, 0.1) is 20.2 Å². The predicted octanol–water partition coefficient (Wildman–Crippen LogP) is 2.36. The number of hydrogen-bond acceptors (Lipinski definition) is 6. The summed E-state index contributed by atoms with van der Waals surface area (Å²) in [6.07, 6.45) is 0. The molecule has 0 aromatic heterocycles. The van der Waals surface area contributed by atoms with E-state index in [2.05, 4.69) is 0 Å². The molecule has 0 bridgehead atoms. The molecule has 0 spiro atoms. The zero-order chi connectivity index (χ0) is 17.9. The van der Waals surface area contributed by atoms with Gasteiger partial charge in [-0.1, -0.05) is 18.2 Å². The van der Waals surface area contributed by atoms with Gasteiger partial charge in [-0.25, -0.2) is 0 Å². The Bertz CT molecular complexity index is 821. The van der Waals surface area contributed by atoms with Gasteiger partial charge in [0.2, 0.25) is 0 Å². The fourth-order valence-corrected chi connectivity index (χ4v) is 2.21. The smallest absolute Gasteiger partial charge is 0.292 e. The molecular weight excluding hydrogens is 316 g/mol. The molecule has 0 aliphatic heterocycles. The normalized spacial score (nSPS) is 10.2.